The van der Waals surface area contributed by atoms with E-state index in [-0.39, 0.29) is 24.3 Å². The maximum atomic E-state index is 13.8. The highest BCUT2D eigenvalue weighted by molar-refractivity contribution is 5.76. The van der Waals surface area contributed by atoms with Crippen LogP contribution in [-0.2, 0) is 17.6 Å². The predicted octanol–water partition coefficient (Wildman–Crippen LogP) is 4.03. The zero-order valence-electron chi connectivity index (χ0n) is 18.8. The average Bonchev–Trinajstić information content (AvgIpc) is 3.28. The number of amides is 1. The molecule has 1 amide bonds. The Morgan fingerprint density at radius 2 is 1.70 bits per heavy atom. The Hall–Kier alpha value is -3.13. The van der Waals surface area contributed by atoms with Crippen molar-refractivity contribution in [2.75, 3.05) is 32.7 Å². The summed E-state index contributed by atoms with van der Waals surface area (Å²) in [7, 11) is 0. The summed E-state index contributed by atoms with van der Waals surface area (Å²) in [6.07, 6.45) is 1.77. The smallest absolute Gasteiger partial charge is 0.227 e. The molecule has 33 heavy (non-hydrogen) atoms. The standard InChI is InChI=1S/C25H28F2N4O2/c1-18-7-9-19(10-8-18)25-28-23(33-29-25)6-3-13-30-14-16-31(17-15-30)24(32)12-11-20-21(26)4-2-5-22(20)27/h2,4-5,7-10H,3,6,11-17H2,1H3. The molecule has 1 fully saturated rings. The van der Waals surface area contributed by atoms with Crippen molar-refractivity contribution >= 4 is 5.91 Å². The summed E-state index contributed by atoms with van der Waals surface area (Å²) in [5.74, 6) is -0.0290. The number of carbonyl (C=O) groups is 1. The molecule has 1 saturated heterocycles. The van der Waals surface area contributed by atoms with Crippen LogP contribution in [0.15, 0.2) is 47.0 Å². The zero-order chi connectivity index (χ0) is 23.2. The third-order valence-corrected chi connectivity index (χ3v) is 6.02. The first-order chi connectivity index (χ1) is 16.0. The number of benzene rings is 2. The van der Waals surface area contributed by atoms with Crippen LogP contribution in [0.4, 0.5) is 8.78 Å². The molecule has 0 spiro atoms. The molecule has 1 aromatic heterocycles. The van der Waals surface area contributed by atoms with Gasteiger partial charge in [0.05, 0.1) is 0 Å². The maximum absolute atomic E-state index is 13.8. The van der Waals surface area contributed by atoms with Crippen LogP contribution < -0.4 is 0 Å². The molecule has 6 nitrogen and oxygen atoms in total. The Labute approximate surface area is 192 Å². The lowest BCUT2D eigenvalue weighted by Gasteiger charge is -2.34. The second-order valence-electron chi connectivity index (χ2n) is 8.40. The summed E-state index contributed by atoms with van der Waals surface area (Å²) in [6.45, 7) is 5.71. The lowest BCUT2D eigenvalue weighted by atomic mass is 10.1. The van der Waals surface area contributed by atoms with Crippen molar-refractivity contribution in [1.82, 2.24) is 19.9 Å². The Balaban J connectivity index is 1.17. The van der Waals surface area contributed by atoms with Crippen LogP contribution in [0.2, 0.25) is 0 Å². The SMILES string of the molecule is Cc1ccc(-c2noc(CCCN3CCN(C(=O)CCc4c(F)cccc4F)CC3)n2)cc1. The molecule has 0 radical (unpaired) electrons. The summed E-state index contributed by atoms with van der Waals surface area (Å²) in [5, 5.41) is 4.07. The topological polar surface area (TPSA) is 62.5 Å². The number of hydrogen-bond acceptors (Lipinski definition) is 5. The fourth-order valence-electron chi connectivity index (χ4n) is 4.01. The molecular formula is C25H28F2N4O2. The molecule has 0 N–H and O–H groups in total. The van der Waals surface area contributed by atoms with Crippen molar-refractivity contribution < 1.29 is 18.1 Å². The Kier molecular flexibility index (Phi) is 7.44. The van der Waals surface area contributed by atoms with E-state index < -0.39 is 11.6 Å². The van der Waals surface area contributed by atoms with Gasteiger partial charge in [-0.05, 0) is 38.4 Å². The zero-order valence-corrected chi connectivity index (χ0v) is 18.8. The van der Waals surface area contributed by atoms with Gasteiger partial charge in [-0.25, -0.2) is 8.78 Å². The van der Waals surface area contributed by atoms with Crippen molar-refractivity contribution in [1.29, 1.82) is 0 Å². The minimum absolute atomic E-state index is 0.0175. The summed E-state index contributed by atoms with van der Waals surface area (Å²) in [4.78, 5) is 21.0. The van der Waals surface area contributed by atoms with Gasteiger partial charge in [-0.2, -0.15) is 4.98 Å². The van der Waals surface area contributed by atoms with E-state index in [4.69, 9.17) is 4.52 Å². The van der Waals surface area contributed by atoms with Crippen molar-refractivity contribution in [3.8, 4) is 11.4 Å². The van der Waals surface area contributed by atoms with Gasteiger partial charge in [0.15, 0.2) is 0 Å². The molecule has 0 bridgehead atoms. The van der Waals surface area contributed by atoms with Gasteiger partial charge >= 0.3 is 0 Å². The number of aromatic nitrogens is 2. The van der Waals surface area contributed by atoms with Crippen molar-refractivity contribution in [3.05, 3.63) is 71.1 Å². The molecule has 1 aliphatic rings. The fraction of sp³-hybridized carbons (Fsp3) is 0.400. The third-order valence-electron chi connectivity index (χ3n) is 6.02. The lowest BCUT2D eigenvalue weighted by molar-refractivity contribution is -0.132. The summed E-state index contributed by atoms with van der Waals surface area (Å²) in [6, 6.07) is 11.8. The average molecular weight is 455 g/mol. The van der Waals surface area contributed by atoms with E-state index in [1.807, 2.05) is 31.2 Å². The van der Waals surface area contributed by atoms with E-state index >= 15 is 0 Å². The second-order valence-corrected chi connectivity index (χ2v) is 8.40. The first-order valence-corrected chi connectivity index (χ1v) is 11.3. The van der Waals surface area contributed by atoms with Crippen molar-refractivity contribution in [3.63, 3.8) is 0 Å². The number of carbonyl (C=O) groups excluding carboxylic acids is 1. The van der Waals surface area contributed by atoms with Gasteiger partial charge in [0.1, 0.15) is 11.6 Å². The van der Waals surface area contributed by atoms with Gasteiger partial charge in [-0.15, -0.1) is 0 Å². The molecular weight excluding hydrogens is 426 g/mol. The van der Waals surface area contributed by atoms with Crippen LogP contribution in [0.3, 0.4) is 0 Å². The number of nitrogens with zero attached hydrogens (tertiary/aromatic N) is 4. The molecule has 0 atom stereocenters. The number of piperazine rings is 1. The molecule has 2 aromatic carbocycles. The molecule has 3 aromatic rings. The largest absolute Gasteiger partial charge is 0.340 e. The van der Waals surface area contributed by atoms with Crippen molar-refractivity contribution in [2.24, 2.45) is 0 Å². The number of rotatable bonds is 8. The van der Waals surface area contributed by atoms with Crippen LogP contribution in [-0.4, -0.2) is 58.6 Å². The highest BCUT2D eigenvalue weighted by atomic mass is 19.1. The van der Waals surface area contributed by atoms with Crippen LogP contribution in [0.5, 0.6) is 0 Å². The molecule has 0 saturated carbocycles. The Morgan fingerprint density at radius 1 is 1.00 bits per heavy atom. The van der Waals surface area contributed by atoms with Gasteiger partial charge in [0, 0.05) is 50.1 Å². The Morgan fingerprint density at radius 3 is 2.39 bits per heavy atom. The number of halogens is 2. The van der Waals surface area contributed by atoms with Gasteiger partial charge in [0.2, 0.25) is 17.6 Å². The van der Waals surface area contributed by atoms with Gasteiger partial charge in [-0.1, -0.05) is 41.1 Å². The van der Waals surface area contributed by atoms with E-state index in [9.17, 15) is 13.6 Å². The highest BCUT2D eigenvalue weighted by Crippen LogP contribution is 2.18. The first kappa shape index (κ1) is 23.0. The quantitative estimate of drug-likeness (QED) is 0.514. The molecule has 8 heteroatoms. The predicted molar refractivity (Wildman–Crippen MR) is 120 cm³/mol. The monoisotopic (exact) mass is 454 g/mol. The molecule has 2 heterocycles. The van der Waals surface area contributed by atoms with E-state index in [0.29, 0.717) is 31.2 Å². The highest BCUT2D eigenvalue weighted by Gasteiger charge is 2.21. The summed E-state index contributed by atoms with van der Waals surface area (Å²) < 4.78 is 32.9. The molecule has 1 aliphatic heterocycles. The van der Waals surface area contributed by atoms with Gasteiger partial charge < -0.3 is 9.42 Å². The summed E-state index contributed by atoms with van der Waals surface area (Å²) >= 11 is 0. The van der Waals surface area contributed by atoms with E-state index in [2.05, 4.69) is 15.0 Å². The number of aryl methyl sites for hydroxylation is 2. The van der Waals surface area contributed by atoms with Gasteiger partial charge in [0.25, 0.3) is 0 Å². The summed E-state index contributed by atoms with van der Waals surface area (Å²) in [5.41, 5.74) is 2.11. The van der Waals surface area contributed by atoms with Crippen LogP contribution >= 0.6 is 0 Å². The van der Waals surface area contributed by atoms with Crippen LogP contribution in [0.1, 0.15) is 29.9 Å². The molecule has 174 valence electrons. The minimum Gasteiger partial charge on any atom is -0.340 e. The maximum Gasteiger partial charge on any atom is 0.227 e. The van der Waals surface area contributed by atoms with E-state index in [1.165, 1.54) is 23.8 Å². The second kappa shape index (κ2) is 10.7. The normalized spacial score (nSPS) is 14.6. The third kappa shape index (κ3) is 6.01. The lowest BCUT2D eigenvalue weighted by Crippen LogP contribution is -2.48. The van der Waals surface area contributed by atoms with Crippen LogP contribution in [0.25, 0.3) is 11.4 Å². The molecule has 4 rings (SSSR count). The Bertz CT molecular complexity index is 1060. The minimum atomic E-state index is -0.597. The first-order valence-electron chi connectivity index (χ1n) is 11.3. The fourth-order valence-corrected chi connectivity index (χ4v) is 4.01. The van der Waals surface area contributed by atoms with E-state index in [0.717, 1.165) is 31.6 Å². The van der Waals surface area contributed by atoms with E-state index in [1.54, 1.807) is 4.90 Å². The van der Waals surface area contributed by atoms with Crippen LogP contribution in [0, 0.1) is 18.6 Å². The molecule has 0 unspecified atom stereocenters. The number of hydrogen-bond donors (Lipinski definition) is 0. The molecule has 0 aliphatic carbocycles. The van der Waals surface area contributed by atoms with Gasteiger partial charge in [-0.3, -0.25) is 9.69 Å². The van der Waals surface area contributed by atoms with Crippen molar-refractivity contribution in [2.45, 2.75) is 32.6 Å².